The SMILES string of the molecule is C=CCOC(=O)C1=C(C)NC(SCC(=O)Nc2ccc(C)cc2)=C(C#N)C1c1ccc(C)cc1. The third-order valence-electron chi connectivity index (χ3n) is 5.29. The zero-order valence-corrected chi connectivity index (χ0v) is 20.3. The van der Waals surface area contributed by atoms with Gasteiger partial charge in [-0.25, -0.2) is 4.79 Å². The third kappa shape index (κ3) is 5.97. The van der Waals surface area contributed by atoms with Crippen LogP contribution in [0.1, 0.15) is 29.5 Å². The Balaban J connectivity index is 1.88. The van der Waals surface area contributed by atoms with E-state index in [1.807, 2.05) is 62.4 Å². The van der Waals surface area contributed by atoms with Crippen molar-refractivity contribution in [2.45, 2.75) is 26.7 Å². The van der Waals surface area contributed by atoms with Crippen molar-refractivity contribution < 1.29 is 14.3 Å². The highest BCUT2D eigenvalue weighted by Gasteiger charge is 2.35. The number of ether oxygens (including phenoxy) is 1. The second kappa shape index (κ2) is 11.4. The number of anilines is 1. The van der Waals surface area contributed by atoms with E-state index in [4.69, 9.17) is 4.74 Å². The van der Waals surface area contributed by atoms with E-state index in [9.17, 15) is 14.9 Å². The summed E-state index contributed by atoms with van der Waals surface area (Å²) >= 11 is 1.23. The van der Waals surface area contributed by atoms with E-state index in [-0.39, 0.29) is 18.3 Å². The molecule has 3 rings (SSSR count). The van der Waals surface area contributed by atoms with Crippen molar-refractivity contribution in [3.05, 3.63) is 99.7 Å². The maximum Gasteiger partial charge on any atom is 0.337 e. The number of allylic oxidation sites excluding steroid dienone is 2. The second-order valence-electron chi connectivity index (χ2n) is 7.95. The molecule has 34 heavy (non-hydrogen) atoms. The van der Waals surface area contributed by atoms with Gasteiger partial charge in [-0.1, -0.05) is 71.9 Å². The number of hydrogen-bond donors (Lipinski definition) is 2. The number of carbonyl (C=O) groups is 2. The Hall–Kier alpha value is -3.76. The predicted molar refractivity (Wildman–Crippen MR) is 136 cm³/mol. The summed E-state index contributed by atoms with van der Waals surface area (Å²) in [5.41, 5.74) is 5.01. The number of nitrogens with one attached hydrogen (secondary N) is 2. The molecule has 0 radical (unpaired) electrons. The lowest BCUT2D eigenvalue weighted by Gasteiger charge is -2.29. The molecule has 0 fully saturated rings. The molecule has 174 valence electrons. The van der Waals surface area contributed by atoms with E-state index in [1.54, 1.807) is 6.92 Å². The van der Waals surface area contributed by atoms with Crippen LogP contribution in [0.2, 0.25) is 0 Å². The maximum atomic E-state index is 12.9. The Labute approximate surface area is 204 Å². The number of nitriles is 1. The van der Waals surface area contributed by atoms with Crippen molar-refractivity contribution in [1.82, 2.24) is 5.32 Å². The molecule has 0 saturated carbocycles. The Bertz CT molecular complexity index is 1190. The van der Waals surface area contributed by atoms with E-state index >= 15 is 0 Å². The molecular weight excluding hydrogens is 446 g/mol. The molecule has 1 amide bonds. The number of thioether (sulfide) groups is 1. The molecular formula is C27H27N3O3S. The average Bonchev–Trinajstić information content (AvgIpc) is 2.82. The minimum absolute atomic E-state index is 0.0720. The highest BCUT2D eigenvalue weighted by atomic mass is 32.2. The van der Waals surface area contributed by atoms with E-state index in [0.29, 0.717) is 27.6 Å². The first-order valence-electron chi connectivity index (χ1n) is 10.8. The number of carbonyl (C=O) groups excluding carboxylic acids is 2. The monoisotopic (exact) mass is 473 g/mol. The number of hydrogen-bond acceptors (Lipinski definition) is 6. The first-order chi connectivity index (χ1) is 16.3. The summed E-state index contributed by atoms with van der Waals surface area (Å²) in [5.74, 6) is -1.20. The molecule has 2 aromatic carbocycles. The number of benzene rings is 2. The molecule has 1 unspecified atom stereocenters. The molecule has 2 N–H and O–H groups in total. The smallest absolute Gasteiger partial charge is 0.337 e. The van der Waals surface area contributed by atoms with Crippen molar-refractivity contribution in [3.8, 4) is 6.07 Å². The highest BCUT2D eigenvalue weighted by molar-refractivity contribution is 8.03. The quantitative estimate of drug-likeness (QED) is 0.409. The van der Waals surface area contributed by atoms with Crippen LogP contribution in [0.3, 0.4) is 0 Å². The molecule has 2 aromatic rings. The Morgan fingerprint density at radius 3 is 2.32 bits per heavy atom. The standard InChI is InChI=1S/C27H27N3O3S/c1-5-14-33-27(32)24-19(4)29-26(22(15-28)25(24)20-10-6-17(2)7-11-20)34-16-23(31)30-21-12-8-18(3)9-13-21/h5-13,25,29H,1,14,16H2,2-4H3,(H,30,31). The molecule has 0 saturated heterocycles. The molecule has 0 spiro atoms. The van der Waals surface area contributed by atoms with Crippen LogP contribution in [0.25, 0.3) is 0 Å². The van der Waals surface area contributed by atoms with E-state index < -0.39 is 11.9 Å². The topological polar surface area (TPSA) is 91.2 Å². The van der Waals surface area contributed by atoms with Crippen molar-refractivity contribution in [1.29, 1.82) is 5.26 Å². The molecule has 0 aliphatic carbocycles. The van der Waals surface area contributed by atoms with Crippen LogP contribution in [0.4, 0.5) is 5.69 Å². The number of dihydropyridines is 1. The van der Waals surface area contributed by atoms with Crippen molar-refractivity contribution >= 4 is 29.3 Å². The first-order valence-corrected chi connectivity index (χ1v) is 11.8. The molecule has 1 aliphatic rings. The van der Waals surface area contributed by atoms with Gasteiger partial charge in [-0.2, -0.15) is 5.26 Å². The minimum Gasteiger partial charge on any atom is -0.458 e. The van der Waals surface area contributed by atoms with Gasteiger partial charge >= 0.3 is 5.97 Å². The van der Waals surface area contributed by atoms with Crippen LogP contribution in [-0.4, -0.2) is 24.2 Å². The molecule has 6 nitrogen and oxygen atoms in total. The molecule has 0 aromatic heterocycles. The predicted octanol–water partition coefficient (Wildman–Crippen LogP) is 5.10. The van der Waals surface area contributed by atoms with Crippen molar-refractivity contribution in [3.63, 3.8) is 0 Å². The second-order valence-corrected chi connectivity index (χ2v) is 8.94. The van der Waals surface area contributed by atoms with Gasteiger partial charge in [0.05, 0.1) is 33.9 Å². The van der Waals surface area contributed by atoms with Gasteiger partial charge in [0.15, 0.2) is 0 Å². The largest absolute Gasteiger partial charge is 0.458 e. The first kappa shape index (κ1) is 24.9. The highest BCUT2D eigenvalue weighted by Crippen LogP contribution is 2.41. The summed E-state index contributed by atoms with van der Waals surface area (Å²) in [6.45, 7) is 9.39. The number of aryl methyl sites for hydroxylation is 2. The summed E-state index contributed by atoms with van der Waals surface area (Å²) in [5, 5.41) is 16.6. The van der Waals surface area contributed by atoms with Gasteiger partial charge in [0.25, 0.3) is 0 Å². The summed E-state index contributed by atoms with van der Waals surface area (Å²) < 4.78 is 5.32. The van der Waals surface area contributed by atoms with Crippen LogP contribution >= 0.6 is 11.8 Å². The van der Waals surface area contributed by atoms with Crippen molar-refractivity contribution in [2.24, 2.45) is 0 Å². The minimum atomic E-state index is -0.605. The van der Waals surface area contributed by atoms with Crippen LogP contribution in [0.5, 0.6) is 0 Å². The molecule has 7 heteroatoms. The van der Waals surface area contributed by atoms with Crippen molar-refractivity contribution in [2.75, 3.05) is 17.7 Å². The maximum absolute atomic E-state index is 12.9. The molecule has 1 heterocycles. The summed E-state index contributed by atoms with van der Waals surface area (Å²) in [6.07, 6.45) is 1.50. The van der Waals surface area contributed by atoms with E-state index in [0.717, 1.165) is 16.7 Å². The zero-order chi connectivity index (χ0) is 24.7. The molecule has 1 atom stereocenters. The number of amides is 1. The lowest BCUT2D eigenvalue weighted by atomic mass is 9.82. The summed E-state index contributed by atoms with van der Waals surface area (Å²) in [4.78, 5) is 25.4. The normalized spacial score (nSPS) is 15.3. The van der Waals surface area contributed by atoms with Gasteiger partial charge in [-0.05, 0) is 38.5 Å². The fraction of sp³-hybridized carbons (Fsp3) is 0.222. The Morgan fingerprint density at radius 2 is 1.74 bits per heavy atom. The van der Waals surface area contributed by atoms with Gasteiger partial charge < -0.3 is 15.4 Å². The van der Waals surface area contributed by atoms with E-state index in [1.165, 1.54) is 17.8 Å². The fourth-order valence-corrected chi connectivity index (χ4v) is 4.47. The fourth-order valence-electron chi connectivity index (χ4n) is 3.57. The van der Waals surface area contributed by atoms with Gasteiger partial charge in [0.1, 0.15) is 6.61 Å². The Morgan fingerprint density at radius 1 is 1.12 bits per heavy atom. The van der Waals surface area contributed by atoms with E-state index in [2.05, 4.69) is 23.3 Å². The van der Waals surface area contributed by atoms with Gasteiger partial charge in [0.2, 0.25) is 5.91 Å². The molecule has 1 aliphatic heterocycles. The average molecular weight is 474 g/mol. The Kier molecular flexibility index (Phi) is 8.34. The summed E-state index contributed by atoms with van der Waals surface area (Å²) in [7, 11) is 0. The number of esters is 1. The number of rotatable bonds is 8. The zero-order valence-electron chi connectivity index (χ0n) is 19.5. The number of nitrogens with zero attached hydrogens (tertiary/aromatic N) is 1. The van der Waals surface area contributed by atoms with Gasteiger partial charge in [0, 0.05) is 11.4 Å². The lowest BCUT2D eigenvalue weighted by molar-refractivity contribution is -0.138. The molecule has 0 bridgehead atoms. The lowest BCUT2D eigenvalue weighted by Crippen LogP contribution is -2.29. The van der Waals surface area contributed by atoms with Crippen LogP contribution < -0.4 is 10.6 Å². The van der Waals surface area contributed by atoms with Crippen LogP contribution in [-0.2, 0) is 14.3 Å². The summed E-state index contributed by atoms with van der Waals surface area (Å²) in [6, 6.07) is 17.5. The van der Waals surface area contributed by atoms with Gasteiger partial charge in [-0.3, -0.25) is 4.79 Å². The van der Waals surface area contributed by atoms with Gasteiger partial charge in [-0.15, -0.1) is 0 Å². The van der Waals surface area contributed by atoms with Crippen LogP contribution in [0, 0.1) is 25.2 Å². The third-order valence-corrected chi connectivity index (χ3v) is 6.31. The van der Waals surface area contributed by atoms with Crippen LogP contribution in [0.15, 0.2) is 83.1 Å².